The van der Waals surface area contributed by atoms with Crippen molar-refractivity contribution in [1.29, 1.82) is 0 Å². The highest BCUT2D eigenvalue weighted by atomic mass is 35.5. The molecule has 0 fully saturated rings. The van der Waals surface area contributed by atoms with Gasteiger partial charge in [0.15, 0.2) is 0 Å². The van der Waals surface area contributed by atoms with Crippen LogP contribution in [-0.4, -0.2) is 28.5 Å². The van der Waals surface area contributed by atoms with Gasteiger partial charge in [-0.05, 0) is 20.8 Å². The van der Waals surface area contributed by atoms with E-state index < -0.39 is 23.5 Å². The molecule has 4 nitrogen and oxygen atoms in total. The second-order valence-corrected chi connectivity index (χ2v) is 4.29. The summed E-state index contributed by atoms with van der Waals surface area (Å²) < 4.78 is 5.00. The smallest absolute Gasteiger partial charge is 0.311 e. The fourth-order valence-electron chi connectivity index (χ4n) is 0.797. The molecule has 0 unspecified atom stereocenters. The van der Waals surface area contributed by atoms with Crippen LogP contribution in [0.3, 0.4) is 0 Å². The fourth-order valence-corrected chi connectivity index (χ4v) is 1.03. The molecule has 0 saturated heterocycles. The van der Waals surface area contributed by atoms with Gasteiger partial charge in [0, 0.05) is 5.88 Å². The highest BCUT2D eigenvalue weighted by Gasteiger charge is 2.26. The van der Waals surface area contributed by atoms with Gasteiger partial charge in [0.05, 0.1) is 12.3 Å². The van der Waals surface area contributed by atoms with E-state index in [9.17, 15) is 9.59 Å². The normalized spacial score (nSPS) is 13.4. The SMILES string of the molecule is CC(C)(C)OC(=O)[C@H](CCl)CC(=O)O. The first-order valence-electron chi connectivity index (χ1n) is 4.27. The van der Waals surface area contributed by atoms with Crippen molar-refractivity contribution in [2.24, 2.45) is 5.92 Å². The summed E-state index contributed by atoms with van der Waals surface area (Å²) >= 11 is 5.47. The molecule has 0 radical (unpaired) electrons. The monoisotopic (exact) mass is 222 g/mol. The molecular weight excluding hydrogens is 208 g/mol. The molecule has 0 rings (SSSR count). The number of carboxylic acid groups (broad SMARTS) is 1. The zero-order valence-corrected chi connectivity index (χ0v) is 9.30. The Morgan fingerprint density at radius 3 is 2.21 bits per heavy atom. The molecule has 0 heterocycles. The lowest BCUT2D eigenvalue weighted by atomic mass is 10.1. The number of ether oxygens (including phenoxy) is 1. The second-order valence-electron chi connectivity index (χ2n) is 3.98. The van der Waals surface area contributed by atoms with Gasteiger partial charge in [0.25, 0.3) is 0 Å². The zero-order valence-electron chi connectivity index (χ0n) is 8.54. The third-order valence-corrected chi connectivity index (χ3v) is 1.72. The van der Waals surface area contributed by atoms with E-state index >= 15 is 0 Å². The molecular formula is C9H15ClO4. The molecule has 1 N–H and O–H groups in total. The minimum Gasteiger partial charge on any atom is -0.481 e. The molecule has 0 bridgehead atoms. The Balaban J connectivity index is 4.25. The predicted octanol–water partition coefficient (Wildman–Crippen LogP) is 1.66. The van der Waals surface area contributed by atoms with Crippen molar-refractivity contribution in [2.75, 3.05) is 5.88 Å². The van der Waals surface area contributed by atoms with E-state index in [1.54, 1.807) is 20.8 Å². The van der Waals surface area contributed by atoms with E-state index in [-0.39, 0.29) is 12.3 Å². The van der Waals surface area contributed by atoms with Gasteiger partial charge >= 0.3 is 11.9 Å². The molecule has 1 atom stereocenters. The summed E-state index contributed by atoms with van der Waals surface area (Å²) in [5.41, 5.74) is -0.611. The van der Waals surface area contributed by atoms with Crippen molar-refractivity contribution in [2.45, 2.75) is 32.8 Å². The summed E-state index contributed by atoms with van der Waals surface area (Å²) in [6, 6.07) is 0. The topological polar surface area (TPSA) is 63.6 Å². The molecule has 0 aliphatic heterocycles. The molecule has 14 heavy (non-hydrogen) atoms. The quantitative estimate of drug-likeness (QED) is 0.581. The van der Waals surface area contributed by atoms with Crippen LogP contribution in [0.1, 0.15) is 27.2 Å². The van der Waals surface area contributed by atoms with Crippen molar-refractivity contribution in [3.63, 3.8) is 0 Å². The van der Waals surface area contributed by atoms with Gasteiger partial charge in [0.2, 0.25) is 0 Å². The summed E-state index contributed by atoms with van der Waals surface area (Å²) in [7, 11) is 0. The summed E-state index contributed by atoms with van der Waals surface area (Å²) in [4.78, 5) is 21.7. The van der Waals surface area contributed by atoms with Gasteiger partial charge in [-0.2, -0.15) is 0 Å². The number of halogens is 1. The number of alkyl halides is 1. The number of hydrogen-bond donors (Lipinski definition) is 1. The number of hydrogen-bond acceptors (Lipinski definition) is 3. The second kappa shape index (κ2) is 5.20. The Morgan fingerprint density at radius 2 is 1.93 bits per heavy atom. The van der Waals surface area contributed by atoms with Gasteiger partial charge in [-0.3, -0.25) is 9.59 Å². The Hall–Kier alpha value is -0.770. The van der Waals surface area contributed by atoms with Crippen LogP contribution in [0.25, 0.3) is 0 Å². The summed E-state index contributed by atoms with van der Waals surface area (Å²) in [5.74, 6) is -2.42. The Bertz CT molecular complexity index is 219. The number of aliphatic carboxylic acids is 1. The third-order valence-electron chi connectivity index (χ3n) is 1.35. The van der Waals surface area contributed by atoms with Gasteiger partial charge in [-0.15, -0.1) is 11.6 Å². The highest BCUT2D eigenvalue weighted by Crippen LogP contribution is 2.14. The minimum atomic E-state index is -1.05. The fraction of sp³-hybridized carbons (Fsp3) is 0.778. The van der Waals surface area contributed by atoms with Crippen molar-refractivity contribution >= 4 is 23.5 Å². The first-order valence-corrected chi connectivity index (χ1v) is 4.80. The average Bonchev–Trinajstić information content (AvgIpc) is 1.96. The maximum atomic E-state index is 11.4. The average molecular weight is 223 g/mol. The van der Waals surface area contributed by atoms with E-state index in [4.69, 9.17) is 21.4 Å². The lowest BCUT2D eigenvalue weighted by molar-refractivity contribution is -0.161. The molecule has 0 aromatic rings. The van der Waals surface area contributed by atoms with E-state index in [0.717, 1.165) is 0 Å². The van der Waals surface area contributed by atoms with Gasteiger partial charge in [0.1, 0.15) is 5.60 Å². The van der Waals surface area contributed by atoms with E-state index in [2.05, 4.69) is 0 Å². The van der Waals surface area contributed by atoms with Crippen molar-refractivity contribution in [3.8, 4) is 0 Å². The van der Waals surface area contributed by atoms with E-state index in [1.165, 1.54) is 0 Å². The Kier molecular flexibility index (Phi) is 4.91. The summed E-state index contributed by atoms with van der Waals surface area (Å²) in [5, 5.41) is 8.50. The molecule has 5 heteroatoms. The van der Waals surface area contributed by atoms with Gasteiger partial charge in [-0.1, -0.05) is 0 Å². The molecule has 82 valence electrons. The molecule has 0 aromatic heterocycles. The molecule has 0 aliphatic carbocycles. The molecule has 0 aromatic carbocycles. The first-order chi connectivity index (χ1) is 6.26. The summed E-state index contributed by atoms with van der Waals surface area (Å²) in [6.07, 6.45) is -0.293. The number of carbonyl (C=O) groups excluding carboxylic acids is 1. The van der Waals surface area contributed by atoms with Gasteiger partial charge in [-0.25, -0.2) is 0 Å². The molecule has 0 aliphatic rings. The van der Waals surface area contributed by atoms with Crippen LogP contribution in [0.15, 0.2) is 0 Å². The van der Waals surface area contributed by atoms with Crippen LogP contribution in [-0.2, 0) is 14.3 Å². The lowest BCUT2D eigenvalue weighted by Gasteiger charge is -2.22. The third kappa shape index (κ3) is 5.80. The van der Waals surface area contributed by atoms with Crippen molar-refractivity contribution in [1.82, 2.24) is 0 Å². The molecule has 0 amide bonds. The van der Waals surface area contributed by atoms with Crippen LogP contribution >= 0.6 is 11.6 Å². The molecule has 0 spiro atoms. The van der Waals surface area contributed by atoms with Crippen molar-refractivity contribution < 1.29 is 19.4 Å². The standard InChI is InChI=1S/C9H15ClO4/c1-9(2,3)14-8(13)6(5-10)4-7(11)12/h6H,4-5H2,1-3H3,(H,11,12)/t6-/m0/s1. The van der Waals surface area contributed by atoms with Crippen LogP contribution in [0.2, 0.25) is 0 Å². The van der Waals surface area contributed by atoms with Crippen LogP contribution in [0.5, 0.6) is 0 Å². The summed E-state index contributed by atoms with van der Waals surface area (Å²) in [6.45, 7) is 5.16. The van der Waals surface area contributed by atoms with Crippen LogP contribution < -0.4 is 0 Å². The Morgan fingerprint density at radius 1 is 1.43 bits per heavy atom. The minimum absolute atomic E-state index is 0.0405. The number of rotatable bonds is 4. The van der Waals surface area contributed by atoms with E-state index in [1.807, 2.05) is 0 Å². The predicted molar refractivity (Wildman–Crippen MR) is 52.3 cm³/mol. The number of carboxylic acids is 1. The first kappa shape index (κ1) is 13.2. The van der Waals surface area contributed by atoms with E-state index in [0.29, 0.717) is 0 Å². The highest BCUT2D eigenvalue weighted by molar-refractivity contribution is 6.19. The maximum Gasteiger partial charge on any atom is 0.311 e. The Labute approximate surface area is 88.2 Å². The zero-order chi connectivity index (χ0) is 11.4. The number of esters is 1. The van der Waals surface area contributed by atoms with Crippen molar-refractivity contribution in [3.05, 3.63) is 0 Å². The van der Waals surface area contributed by atoms with Crippen LogP contribution in [0.4, 0.5) is 0 Å². The van der Waals surface area contributed by atoms with Gasteiger partial charge < -0.3 is 9.84 Å². The number of carbonyl (C=O) groups is 2. The largest absolute Gasteiger partial charge is 0.481 e. The lowest BCUT2D eigenvalue weighted by Crippen LogP contribution is -2.30. The van der Waals surface area contributed by atoms with Crippen LogP contribution in [0, 0.1) is 5.92 Å². The molecule has 0 saturated carbocycles. The maximum absolute atomic E-state index is 11.4.